The van der Waals surface area contributed by atoms with Crippen LogP contribution in [0.4, 0.5) is 14.7 Å². The van der Waals surface area contributed by atoms with Crippen molar-refractivity contribution < 1.29 is 17.2 Å². The summed E-state index contributed by atoms with van der Waals surface area (Å²) < 4.78 is 54.3. The average Bonchev–Trinajstić information content (AvgIpc) is 3.75. The molecule has 0 spiro atoms. The zero-order chi connectivity index (χ0) is 37.6. The summed E-state index contributed by atoms with van der Waals surface area (Å²) in [5.41, 5.74) is 8.21. The number of rotatable bonds is 7. The van der Waals surface area contributed by atoms with Crippen molar-refractivity contribution >= 4 is 27.1 Å². The van der Waals surface area contributed by atoms with E-state index in [1.165, 1.54) is 30.5 Å². The normalized spacial score (nSPS) is 12.8. The van der Waals surface area contributed by atoms with E-state index in [9.17, 15) is 17.2 Å². The highest BCUT2D eigenvalue weighted by Gasteiger charge is 2.24. The molecule has 0 saturated heterocycles. The van der Waals surface area contributed by atoms with Crippen LogP contribution in [0.15, 0.2) is 103 Å². The van der Waals surface area contributed by atoms with Crippen LogP contribution in [0.1, 0.15) is 24.2 Å². The Kier molecular flexibility index (Phi) is 8.81. The number of aryl methyl sites for hydroxylation is 2. The van der Waals surface area contributed by atoms with E-state index in [2.05, 4.69) is 35.2 Å². The van der Waals surface area contributed by atoms with Gasteiger partial charge in [0, 0.05) is 60.6 Å². The van der Waals surface area contributed by atoms with Crippen molar-refractivity contribution in [3.8, 4) is 45.3 Å². The lowest BCUT2D eigenvalue weighted by Crippen LogP contribution is -2.06. The molecular weight excluding hydrogens is 713 g/mol. The smallest absolute Gasteiger partial charge is 0.247 e. The molecule has 6 heterocycles. The lowest BCUT2D eigenvalue weighted by Gasteiger charge is -2.08. The van der Waals surface area contributed by atoms with Gasteiger partial charge in [-0.25, -0.2) is 47.1 Å². The highest BCUT2D eigenvalue weighted by molar-refractivity contribution is 7.90. The van der Waals surface area contributed by atoms with Gasteiger partial charge >= 0.3 is 0 Å². The third-order valence-electron chi connectivity index (χ3n) is 8.69. The van der Waals surface area contributed by atoms with E-state index in [0.29, 0.717) is 46.0 Å². The maximum Gasteiger partial charge on any atom is 0.247 e. The molecule has 13 nitrogen and oxygen atoms in total. The number of sulfone groups is 1. The Hall–Kier alpha value is -6.55. The van der Waals surface area contributed by atoms with Crippen molar-refractivity contribution in [1.82, 2.24) is 48.7 Å². The number of imidazole rings is 2. The van der Waals surface area contributed by atoms with Gasteiger partial charge in [-0.2, -0.15) is 0 Å². The van der Waals surface area contributed by atoms with E-state index in [0.717, 1.165) is 53.1 Å². The Balaban J connectivity index is 0.000000153. The minimum Gasteiger partial charge on any atom is -0.351 e. The topological polar surface area (TPSA) is 158 Å². The van der Waals surface area contributed by atoms with E-state index in [1.807, 2.05) is 30.5 Å². The summed E-state index contributed by atoms with van der Waals surface area (Å²) in [6.07, 6.45) is 13.4. The fourth-order valence-electron chi connectivity index (χ4n) is 5.93. The SMILES string of the molecule is Cc1nccn2c(-c3ccnc(NC4CC4)n3)c(-c3ccc(F)cc3)nc12.Cc1nccn2c(-c3ccnc(S(C)(=O)=O)n3)c(-c3ccc(F)cc3)nc12. The number of hydrogen-bond acceptors (Lipinski definition) is 11. The minimum absolute atomic E-state index is 0.272. The maximum absolute atomic E-state index is 13.4. The number of nitrogens with zero attached hydrogens (tertiary/aromatic N) is 10. The Morgan fingerprint density at radius 2 is 1.11 bits per heavy atom. The molecule has 0 amide bonds. The van der Waals surface area contributed by atoms with Crippen LogP contribution in [-0.2, 0) is 9.84 Å². The van der Waals surface area contributed by atoms with Crippen LogP contribution in [0.2, 0.25) is 0 Å². The molecule has 6 aromatic heterocycles. The number of fused-ring (bicyclic) bond motifs is 2. The zero-order valence-corrected chi connectivity index (χ0v) is 30.0. The highest BCUT2D eigenvalue weighted by Crippen LogP contribution is 2.34. The molecule has 0 aliphatic heterocycles. The molecule has 0 bridgehead atoms. The second-order valence-electron chi connectivity index (χ2n) is 12.7. The molecule has 8 aromatic rings. The van der Waals surface area contributed by atoms with E-state index < -0.39 is 9.84 Å². The van der Waals surface area contributed by atoms with Crippen molar-refractivity contribution in [2.45, 2.75) is 37.9 Å². The Bertz CT molecular complexity index is 2780. The molecule has 1 N–H and O–H groups in total. The molecule has 0 unspecified atom stereocenters. The Labute approximate surface area is 307 Å². The van der Waals surface area contributed by atoms with Gasteiger partial charge in [0.05, 0.1) is 45.6 Å². The molecule has 0 atom stereocenters. The van der Waals surface area contributed by atoms with E-state index in [1.54, 1.807) is 59.5 Å². The Morgan fingerprint density at radius 3 is 1.59 bits per heavy atom. The fraction of sp³-hybridized carbons (Fsp3) is 0.158. The quantitative estimate of drug-likeness (QED) is 0.176. The Morgan fingerprint density at radius 1 is 0.630 bits per heavy atom. The van der Waals surface area contributed by atoms with Gasteiger partial charge < -0.3 is 5.32 Å². The summed E-state index contributed by atoms with van der Waals surface area (Å²) in [4.78, 5) is 35.1. The van der Waals surface area contributed by atoms with Crippen molar-refractivity contribution in [3.05, 3.63) is 121 Å². The van der Waals surface area contributed by atoms with Crippen LogP contribution in [0, 0.1) is 25.5 Å². The van der Waals surface area contributed by atoms with Gasteiger partial charge in [0.1, 0.15) is 11.6 Å². The van der Waals surface area contributed by atoms with Crippen molar-refractivity contribution in [2.24, 2.45) is 0 Å². The van der Waals surface area contributed by atoms with Crippen molar-refractivity contribution in [3.63, 3.8) is 0 Å². The second-order valence-corrected chi connectivity index (χ2v) is 14.6. The van der Waals surface area contributed by atoms with Crippen LogP contribution in [0.5, 0.6) is 0 Å². The lowest BCUT2D eigenvalue weighted by atomic mass is 10.1. The molecule has 16 heteroatoms. The molecule has 1 fully saturated rings. The van der Waals surface area contributed by atoms with Gasteiger partial charge in [-0.05, 0) is 87.4 Å². The number of halogens is 2. The van der Waals surface area contributed by atoms with Gasteiger partial charge in [0.15, 0.2) is 11.3 Å². The molecule has 2 aromatic carbocycles. The first-order chi connectivity index (χ1) is 26.0. The molecule has 0 radical (unpaired) electrons. The summed E-state index contributed by atoms with van der Waals surface area (Å²) in [5, 5.41) is 3.06. The number of hydrogen-bond donors (Lipinski definition) is 1. The molecule has 1 saturated carbocycles. The summed E-state index contributed by atoms with van der Waals surface area (Å²) in [5.74, 6) is -0.0241. The van der Waals surface area contributed by atoms with Crippen molar-refractivity contribution in [1.29, 1.82) is 0 Å². The first kappa shape index (κ1) is 34.5. The molecule has 1 aliphatic rings. The number of benzene rings is 2. The van der Waals surface area contributed by atoms with Gasteiger partial charge in [0.25, 0.3) is 0 Å². The van der Waals surface area contributed by atoms with Crippen LogP contribution in [-0.4, -0.2) is 69.4 Å². The average molecular weight is 744 g/mol. The van der Waals surface area contributed by atoms with Gasteiger partial charge in [-0.3, -0.25) is 18.8 Å². The lowest BCUT2D eigenvalue weighted by molar-refractivity contribution is 0.593. The number of aromatic nitrogens is 10. The van der Waals surface area contributed by atoms with Crippen LogP contribution < -0.4 is 5.32 Å². The first-order valence-electron chi connectivity index (χ1n) is 16.9. The summed E-state index contributed by atoms with van der Waals surface area (Å²) in [7, 11) is -3.57. The molecule has 270 valence electrons. The van der Waals surface area contributed by atoms with Gasteiger partial charge in [0.2, 0.25) is 20.9 Å². The molecule has 1 aliphatic carbocycles. The molecule has 9 rings (SSSR count). The minimum atomic E-state index is -3.57. The summed E-state index contributed by atoms with van der Waals surface area (Å²) >= 11 is 0. The third-order valence-corrected chi connectivity index (χ3v) is 9.55. The van der Waals surface area contributed by atoms with Gasteiger partial charge in [-0.15, -0.1) is 0 Å². The van der Waals surface area contributed by atoms with Crippen LogP contribution in [0.3, 0.4) is 0 Å². The summed E-state index contributed by atoms with van der Waals surface area (Å²) in [6, 6.07) is 16.2. The van der Waals surface area contributed by atoms with Crippen LogP contribution >= 0.6 is 0 Å². The summed E-state index contributed by atoms with van der Waals surface area (Å²) in [6.45, 7) is 3.74. The zero-order valence-electron chi connectivity index (χ0n) is 29.2. The highest BCUT2D eigenvalue weighted by atomic mass is 32.2. The van der Waals surface area contributed by atoms with Crippen molar-refractivity contribution in [2.75, 3.05) is 11.6 Å². The van der Waals surface area contributed by atoms with E-state index >= 15 is 0 Å². The number of nitrogens with one attached hydrogen (secondary N) is 1. The predicted octanol–water partition coefficient (Wildman–Crippen LogP) is 6.58. The molecule has 54 heavy (non-hydrogen) atoms. The second kappa shape index (κ2) is 13.8. The maximum atomic E-state index is 13.4. The van der Waals surface area contributed by atoms with E-state index in [4.69, 9.17) is 9.97 Å². The van der Waals surface area contributed by atoms with Gasteiger partial charge in [-0.1, -0.05) is 0 Å². The fourth-order valence-corrected chi connectivity index (χ4v) is 6.45. The van der Waals surface area contributed by atoms with Crippen LogP contribution in [0.25, 0.3) is 56.6 Å². The monoisotopic (exact) mass is 743 g/mol. The standard InChI is InChI=1S/C20H17FN6.C18H14FN5O2S/c1-12-19-26-17(13-2-4-14(21)5-3-13)18(27(19)11-10-22-12)16-8-9-23-20(25-16)24-15-6-7-15;1-11-17-23-15(12-3-5-13(19)6-4-12)16(24(17)10-9-20-11)14-7-8-21-18(22-14)27(2,25)26/h2-5,8-11,15H,6-7H2,1H3,(H,23,24,25);3-10H,1-2H3. The molecular formula is C38H31F2N11O2S. The third kappa shape index (κ3) is 6.86. The predicted molar refractivity (Wildman–Crippen MR) is 198 cm³/mol. The van der Waals surface area contributed by atoms with E-state index in [-0.39, 0.29) is 16.8 Å². The largest absolute Gasteiger partial charge is 0.351 e. The first-order valence-corrected chi connectivity index (χ1v) is 18.8. The number of anilines is 1.